The van der Waals surface area contributed by atoms with E-state index >= 15 is 0 Å². The fourth-order valence-electron chi connectivity index (χ4n) is 1.44. The van der Waals surface area contributed by atoms with Crippen LogP contribution < -0.4 is 0 Å². The van der Waals surface area contributed by atoms with Crippen molar-refractivity contribution in [2.45, 2.75) is 11.7 Å². The van der Waals surface area contributed by atoms with Gasteiger partial charge in [0.05, 0.1) is 5.69 Å². The molecule has 90 valence electrons. The Labute approximate surface area is 102 Å². The molecule has 2 heterocycles. The predicted octanol–water partition coefficient (Wildman–Crippen LogP) is -0.289. The minimum absolute atomic E-state index is 0.0503. The standard InChI is InChI=1S/C11H9N5O2/c12-7-11(18,9-4-2-6-14-16-9)10(17)8-3-1-5-13-15-8/h1-6,10,17-18H. The molecule has 7 heteroatoms. The van der Waals surface area contributed by atoms with E-state index in [0.29, 0.717) is 0 Å². The molecular weight excluding hydrogens is 234 g/mol. The minimum Gasteiger partial charge on any atom is -0.382 e. The van der Waals surface area contributed by atoms with Crippen LogP contribution in [0.1, 0.15) is 17.5 Å². The van der Waals surface area contributed by atoms with Crippen molar-refractivity contribution in [2.75, 3.05) is 0 Å². The molecule has 0 aliphatic rings. The first-order valence-electron chi connectivity index (χ1n) is 5.06. The lowest BCUT2D eigenvalue weighted by atomic mass is 9.92. The van der Waals surface area contributed by atoms with Crippen molar-refractivity contribution in [1.29, 1.82) is 5.26 Å². The second-order valence-electron chi connectivity index (χ2n) is 3.54. The van der Waals surface area contributed by atoms with Gasteiger partial charge in [0, 0.05) is 12.4 Å². The van der Waals surface area contributed by atoms with Crippen molar-refractivity contribution in [2.24, 2.45) is 0 Å². The number of rotatable bonds is 3. The quantitative estimate of drug-likeness (QED) is 0.711. The van der Waals surface area contributed by atoms with E-state index in [0.717, 1.165) is 0 Å². The fourth-order valence-corrected chi connectivity index (χ4v) is 1.44. The zero-order chi connectivity index (χ0) is 13.0. The van der Waals surface area contributed by atoms with Crippen LogP contribution in [-0.2, 0) is 5.60 Å². The Morgan fingerprint density at radius 2 is 1.83 bits per heavy atom. The number of nitriles is 1. The zero-order valence-corrected chi connectivity index (χ0v) is 9.17. The van der Waals surface area contributed by atoms with E-state index in [1.807, 2.05) is 0 Å². The monoisotopic (exact) mass is 243 g/mol. The summed E-state index contributed by atoms with van der Waals surface area (Å²) in [6.45, 7) is 0. The maximum Gasteiger partial charge on any atom is 0.227 e. The lowest BCUT2D eigenvalue weighted by Gasteiger charge is -2.24. The first kappa shape index (κ1) is 12.0. The summed E-state index contributed by atoms with van der Waals surface area (Å²) in [4.78, 5) is 0. The summed E-state index contributed by atoms with van der Waals surface area (Å²) in [5, 5.41) is 43.8. The molecule has 0 aliphatic heterocycles. The van der Waals surface area contributed by atoms with Gasteiger partial charge in [0.25, 0.3) is 0 Å². The third-order valence-corrected chi connectivity index (χ3v) is 2.40. The Morgan fingerprint density at radius 1 is 1.17 bits per heavy atom. The summed E-state index contributed by atoms with van der Waals surface area (Å²) in [6, 6.07) is 7.53. The van der Waals surface area contributed by atoms with Crippen LogP contribution in [0.4, 0.5) is 0 Å². The van der Waals surface area contributed by atoms with Gasteiger partial charge in [-0.3, -0.25) is 0 Å². The summed E-state index contributed by atoms with van der Waals surface area (Å²) in [5.74, 6) is 0. The number of nitrogens with zero attached hydrogens (tertiary/aromatic N) is 5. The molecule has 0 aromatic carbocycles. The Morgan fingerprint density at radius 3 is 2.33 bits per heavy atom. The average Bonchev–Trinajstić information content (AvgIpc) is 2.47. The first-order chi connectivity index (χ1) is 8.68. The summed E-state index contributed by atoms with van der Waals surface area (Å²) < 4.78 is 0. The Hall–Kier alpha value is -2.43. The molecule has 7 nitrogen and oxygen atoms in total. The van der Waals surface area contributed by atoms with Gasteiger partial charge in [-0.25, -0.2) is 0 Å². The molecule has 2 aromatic heterocycles. The third-order valence-electron chi connectivity index (χ3n) is 2.40. The molecule has 2 N–H and O–H groups in total. The van der Waals surface area contributed by atoms with E-state index < -0.39 is 11.7 Å². The van der Waals surface area contributed by atoms with Crippen LogP contribution in [0.5, 0.6) is 0 Å². The largest absolute Gasteiger partial charge is 0.382 e. The van der Waals surface area contributed by atoms with Crippen LogP contribution in [0.3, 0.4) is 0 Å². The lowest BCUT2D eigenvalue weighted by Crippen LogP contribution is -2.33. The van der Waals surface area contributed by atoms with Crippen LogP contribution in [0.25, 0.3) is 0 Å². The van der Waals surface area contributed by atoms with E-state index in [4.69, 9.17) is 5.26 Å². The Kier molecular flexibility index (Phi) is 3.23. The molecule has 0 amide bonds. The third kappa shape index (κ3) is 2.02. The molecule has 18 heavy (non-hydrogen) atoms. The maximum atomic E-state index is 10.2. The minimum atomic E-state index is -2.22. The molecule has 0 radical (unpaired) electrons. The molecule has 2 rings (SSSR count). The highest BCUT2D eigenvalue weighted by atomic mass is 16.3. The Balaban J connectivity index is 2.43. The van der Waals surface area contributed by atoms with Crippen molar-refractivity contribution in [3.63, 3.8) is 0 Å². The SMILES string of the molecule is N#CC(O)(c1cccnn1)C(O)c1cccnn1. The molecule has 0 saturated heterocycles. The van der Waals surface area contributed by atoms with E-state index in [-0.39, 0.29) is 11.4 Å². The zero-order valence-electron chi connectivity index (χ0n) is 9.17. The van der Waals surface area contributed by atoms with Crippen molar-refractivity contribution in [3.8, 4) is 6.07 Å². The van der Waals surface area contributed by atoms with E-state index in [2.05, 4.69) is 20.4 Å². The van der Waals surface area contributed by atoms with Crippen molar-refractivity contribution >= 4 is 0 Å². The van der Waals surface area contributed by atoms with Gasteiger partial charge in [0.15, 0.2) is 0 Å². The maximum absolute atomic E-state index is 10.2. The summed E-state index contributed by atoms with van der Waals surface area (Å²) in [6.07, 6.45) is 1.26. The molecule has 0 fully saturated rings. The van der Waals surface area contributed by atoms with Gasteiger partial charge in [-0.15, -0.1) is 0 Å². The number of aliphatic hydroxyl groups excluding tert-OH is 1. The number of aromatic nitrogens is 4. The van der Waals surface area contributed by atoms with Gasteiger partial charge in [-0.1, -0.05) is 0 Å². The van der Waals surface area contributed by atoms with Gasteiger partial charge in [-0.2, -0.15) is 25.7 Å². The van der Waals surface area contributed by atoms with Gasteiger partial charge in [0.1, 0.15) is 17.9 Å². The number of hydrogen-bond donors (Lipinski definition) is 2. The molecule has 2 unspecified atom stereocenters. The normalized spacial score (nSPS) is 15.4. The summed E-state index contributed by atoms with van der Waals surface area (Å²) in [5.41, 5.74) is -2.19. The Bertz CT molecular complexity index is 557. The van der Waals surface area contributed by atoms with Crippen LogP contribution in [-0.4, -0.2) is 30.6 Å². The van der Waals surface area contributed by atoms with Crippen LogP contribution in [0, 0.1) is 11.3 Å². The van der Waals surface area contributed by atoms with Crippen molar-refractivity contribution in [3.05, 3.63) is 48.0 Å². The smallest absolute Gasteiger partial charge is 0.227 e. The molecule has 0 aliphatic carbocycles. The van der Waals surface area contributed by atoms with E-state index in [1.54, 1.807) is 12.1 Å². The molecule has 0 spiro atoms. The van der Waals surface area contributed by atoms with E-state index in [9.17, 15) is 10.2 Å². The lowest BCUT2D eigenvalue weighted by molar-refractivity contribution is -0.0458. The molecule has 0 bridgehead atoms. The first-order valence-corrected chi connectivity index (χ1v) is 5.06. The van der Waals surface area contributed by atoms with Crippen LogP contribution >= 0.6 is 0 Å². The number of aliphatic hydroxyl groups is 2. The topological polar surface area (TPSA) is 116 Å². The summed E-state index contributed by atoms with van der Waals surface area (Å²) >= 11 is 0. The predicted molar refractivity (Wildman–Crippen MR) is 58.5 cm³/mol. The molecule has 0 saturated carbocycles. The highest BCUT2D eigenvalue weighted by Gasteiger charge is 2.41. The van der Waals surface area contributed by atoms with Gasteiger partial charge < -0.3 is 10.2 Å². The van der Waals surface area contributed by atoms with Crippen molar-refractivity contribution in [1.82, 2.24) is 20.4 Å². The molecular formula is C11H9N5O2. The summed E-state index contributed by atoms with van der Waals surface area (Å²) in [7, 11) is 0. The second kappa shape index (κ2) is 4.83. The van der Waals surface area contributed by atoms with E-state index in [1.165, 1.54) is 30.6 Å². The second-order valence-corrected chi connectivity index (χ2v) is 3.54. The van der Waals surface area contributed by atoms with Crippen LogP contribution in [0.15, 0.2) is 36.7 Å². The average molecular weight is 243 g/mol. The van der Waals surface area contributed by atoms with Crippen LogP contribution in [0.2, 0.25) is 0 Å². The van der Waals surface area contributed by atoms with Gasteiger partial charge >= 0.3 is 0 Å². The molecule has 2 aromatic rings. The fraction of sp³-hybridized carbons (Fsp3) is 0.182. The highest BCUT2D eigenvalue weighted by molar-refractivity contribution is 5.26. The molecule has 2 atom stereocenters. The number of hydrogen-bond acceptors (Lipinski definition) is 7. The van der Waals surface area contributed by atoms with Gasteiger partial charge in [0.2, 0.25) is 5.60 Å². The highest BCUT2D eigenvalue weighted by Crippen LogP contribution is 2.31. The van der Waals surface area contributed by atoms with Gasteiger partial charge in [-0.05, 0) is 24.3 Å². The van der Waals surface area contributed by atoms with Crippen molar-refractivity contribution < 1.29 is 10.2 Å².